The third-order valence-corrected chi connectivity index (χ3v) is 6.45. The number of likely N-dealkylation sites (N-methyl/N-ethyl adjacent to an activating group) is 1. The summed E-state index contributed by atoms with van der Waals surface area (Å²) < 4.78 is 41.0. The molecule has 0 radical (unpaired) electrons. The van der Waals surface area contributed by atoms with Crippen LogP contribution in [0.5, 0.6) is 0 Å². The lowest BCUT2D eigenvalue weighted by molar-refractivity contribution is 0.144. The number of hydrogen-bond acceptors (Lipinski definition) is 4. The van der Waals surface area contributed by atoms with E-state index in [1.165, 1.54) is 10.4 Å². The average molecular weight is 380 g/mol. The highest BCUT2D eigenvalue weighted by molar-refractivity contribution is 9.10. The van der Waals surface area contributed by atoms with Crippen molar-refractivity contribution in [3.8, 4) is 0 Å². The lowest BCUT2D eigenvalue weighted by atomic mass is 10.1. The molecule has 0 saturated carbocycles. The van der Waals surface area contributed by atoms with Gasteiger partial charge in [0.05, 0.1) is 0 Å². The van der Waals surface area contributed by atoms with Crippen molar-refractivity contribution in [2.75, 3.05) is 32.4 Å². The van der Waals surface area contributed by atoms with Gasteiger partial charge in [-0.25, -0.2) is 12.8 Å². The first-order valence-corrected chi connectivity index (χ1v) is 8.95. The molecule has 21 heavy (non-hydrogen) atoms. The zero-order valence-corrected chi connectivity index (χ0v) is 14.4. The first-order chi connectivity index (χ1) is 9.77. The summed E-state index contributed by atoms with van der Waals surface area (Å²) in [6.45, 7) is 3.36. The Balaban J connectivity index is 2.37. The van der Waals surface area contributed by atoms with Crippen LogP contribution in [-0.4, -0.2) is 50.3 Å². The Morgan fingerprint density at radius 1 is 1.43 bits per heavy atom. The normalized spacial score (nSPS) is 21.6. The molecule has 8 heteroatoms. The molecule has 1 aromatic carbocycles. The molecular formula is C13H19BrFN3O2S. The number of sulfonamides is 1. The van der Waals surface area contributed by atoms with Gasteiger partial charge in [-0.3, -0.25) is 0 Å². The number of piperazine rings is 1. The van der Waals surface area contributed by atoms with Gasteiger partial charge in [0.15, 0.2) is 0 Å². The number of halogens is 2. The Labute approximate surface area is 133 Å². The van der Waals surface area contributed by atoms with Gasteiger partial charge in [-0.05, 0) is 41.5 Å². The van der Waals surface area contributed by atoms with Crippen LogP contribution in [0.25, 0.3) is 0 Å². The SMILES string of the molecule is CCC1CN(S(=O)(=O)c2cc(N)c(Br)cc2F)CCN1C. The molecule has 0 aromatic heterocycles. The van der Waals surface area contributed by atoms with Crippen LogP contribution in [0.1, 0.15) is 13.3 Å². The van der Waals surface area contributed by atoms with Crippen LogP contribution in [0.15, 0.2) is 21.5 Å². The van der Waals surface area contributed by atoms with Crippen LogP contribution in [0, 0.1) is 5.82 Å². The lowest BCUT2D eigenvalue weighted by Crippen LogP contribution is -2.52. The molecule has 2 rings (SSSR count). The molecule has 1 unspecified atom stereocenters. The first kappa shape index (κ1) is 16.7. The maximum atomic E-state index is 14.0. The Morgan fingerprint density at radius 3 is 2.71 bits per heavy atom. The molecule has 1 fully saturated rings. The van der Waals surface area contributed by atoms with Gasteiger partial charge in [-0.2, -0.15) is 4.31 Å². The summed E-state index contributed by atoms with van der Waals surface area (Å²) >= 11 is 3.09. The number of nitrogens with zero attached hydrogens (tertiary/aromatic N) is 2. The minimum Gasteiger partial charge on any atom is -0.398 e. The minimum atomic E-state index is -3.87. The summed E-state index contributed by atoms with van der Waals surface area (Å²) in [4.78, 5) is 1.76. The Hall–Kier alpha value is -0.700. The molecule has 0 aliphatic carbocycles. The smallest absolute Gasteiger partial charge is 0.246 e. The molecule has 1 atom stereocenters. The van der Waals surface area contributed by atoms with Crippen molar-refractivity contribution in [2.45, 2.75) is 24.3 Å². The Bertz CT molecular complexity index is 639. The molecule has 1 saturated heterocycles. The molecular weight excluding hydrogens is 361 g/mol. The predicted molar refractivity (Wildman–Crippen MR) is 84.0 cm³/mol. The zero-order valence-electron chi connectivity index (χ0n) is 12.0. The van der Waals surface area contributed by atoms with Crippen molar-refractivity contribution in [3.63, 3.8) is 0 Å². The fraction of sp³-hybridized carbons (Fsp3) is 0.538. The van der Waals surface area contributed by atoms with Crippen LogP contribution < -0.4 is 5.73 Å². The Morgan fingerprint density at radius 2 is 2.10 bits per heavy atom. The molecule has 1 aliphatic rings. The summed E-state index contributed by atoms with van der Waals surface area (Å²) in [6, 6.07) is 2.41. The van der Waals surface area contributed by atoms with Crippen molar-refractivity contribution in [2.24, 2.45) is 0 Å². The predicted octanol–water partition coefficient (Wildman–Crippen LogP) is 1.89. The van der Waals surface area contributed by atoms with Crippen molar-refractivity contribution in [3.05, 3.63) is 22.4 Å². The van der Waals surface area contributed by atoms with Crippen molar-refractivity contribution >= 4 is 31.6 Å². The van der Waals surface area contributed by atoms with E-state index in [1.807, 2.05) is 14.0 Å². The van der Waals surface area contributed by atoms with Crippen LogP contribution >= 0.6 is 15.9 Å². The highest BCUT2D eigenvalue weighted by Crippen LogP contribution is 2.29. The highest BCUT2D eigenvalue weighted by atomic mass is 79.9. The second-order valence-corrected chi connectivity index (χ2v) is 7.97. The third kappa shape index (κ3) is 3.23. The molecule has 0 amide bonds. The fourth-order valence-corrected chi connectivity index (χ4v) is 4.32. The van der Waals surface area contributed by atoms with Crippen LogP contribution in [0.3, 0.4) is 0 Å². The van der Waals surface area contributed by atoms with E-state index in [4.69, 9.17) is 5.73 Å². The summed E-state index contributed by atoms with van der Waals surface area (Å²) in [5.74, 6) is -0.789. The standard InChI is InChI=1S/C13H19BrFN3O2S/c1-3-9-8-18(5-4-17(9)2)21(19,20)13-7-12(16)10(14)6-11(13)15/h6-7,9H,3-5,8,16H2,1-2H3. The van der Waals surface area contributed by atoms with Crippen molar-refractivity contribution < 1.29 is 12.8 Å². The van der Waals surface area contributed by atoms with Gasteiger partial charge in [0, 0.05) is 35.8 Å². The van der Waals surface area contributed by atoms with Crippen molar-refractivity contribution in [1.29, 1.82) is 0 Å². The fourth-order valence-electron chi connectivity index (χ4n) is 2.46. The molecule has 1 heterocycles. The minimum absolute atomic E-state index is 0.143. The van der Waals surface area contributed by atoms with E-state index in [0.717, 1.165) is 12.5 Å². The lowest BCUT2D eigenvalue weighted by Gasteiger charge is -2.38. The van der Waals surface area contributed by atoms with Gasteiger partial charge >= 0.3 is 0 Å². The maximum absolute atomic E-state index is 14.0. The second kappa shape index (κ2) is 6.20. The van der Waals surface area contributed by atoms with E-state index in [0.29, 0.717) is 24.1 Å². The number of rotatable bonds is 3. The van der Waals surface area contributed by atoms with Gasteiger partial charge in [-0.15, -0.1) is 0 Å². The van der Waals surface area contributed by atoms with E-state index >= 15 is 0 Å². The summed E-state index contributed by atoms with van der Waals surface area (Å²) in [5, 5.41) is 0. The molecule has 2 N–H and O–H groups in total. The van der Waals surface area contributed by atoms with Crippen LogP contribution in [-0.2, 0) is 10.0 Å². The number of benzene rings is 1. The molecule has 0 spiro atoms. The quantitative estimate of drug-likeness (QED) is 0.814. The van der Waals surface area contributed by atoms with Crippen LogP contribution in [0.2, 0.25) is 0 Å². The zero-order chi connectivity index (χ0) is 15.8. The highest BCUT2D eigenvalue weighted by Gasteiger charge is 2.33. The molecule has 1 aromatic rings. The largest absolute Gasteiger partial charge is 0.398 e. The van der Waals surface area contributed by atoms with Crippen molar-refractivity contribution in [1.82, 2.24) is 9.21 Å². The number of nitrogen functional groups attached to an aromatic ring is 1. The number of hydrogen-bond donors (Lipinski definition) is 1. The van der Waals surface area contributed by atoms with E-state index in [1.54, 1.807) is 0 Å². The van der Waals surface area contributed by atoms with E-state index < -0.39 is 15.8 Å². The first-order valence-electron chi connectivity index (χ1n) is 6.72. The van der Waals surface area contributed by atoms with E-state index in [-0.39, 0.29) is 16.6 Å². The van der Waals surface area contributed by atoms with Gasteiger partial charge in [0.25, 0.3) is 0 Å². The summed E-state index contributed by atoms with van der Waals surface area (Å²) in [7, 11) is -1.90. The summed E-state index contributed by atoms with van der Waals surface area (Å²) in [5.41, 5.74) is 5.89. The average Bonchev–Trinajstić information content (AvgIpc) is 2.43. The monoisotopic (exact) mass is 379 g/mol. The second-order valence-electron chi connectivity index (χ2n) is 5.21. The number of anilines is 1. The molecule has 118 valence electrons. The van der Waals surface area contributed by atoms with Gasteiger partial charge in [0.1, 0.15) is 10.7 Å². The van der Waals surface area contributed by atoms with Gasteiger partial charge < -0.3 is 10.6 Å². The molecule has 0 bridgehead atoms. The van der Waals surface area contributed by atoms with Gasteiger partial charge in [-0.1, -0.05) is 6.92 Å². The summed E-state index contributed by atoms with van der Waals surface area (Å²) in [6.07, 6.45) is 0.841. The van der Waals surface area contributed by atoms with Gasteiger partial charge in [0.2, 0.25) is 10.0 Å². The molecule has 1 aliphatic heterocycles. The Kier molecular flexibility index (Phi) is 4.92. The van der Waals surface area contributed by atoms with E-state index in [2.05, 4.69) is 20.8 Å². The topological polar surface area (TPSA) is 66.6 Å². The van der Waals surface area contributed by atoms with E-state index in [9.17, 15) is 12.8 Å². The molecule has 5 nitrogen and oxygen atoms in total. The third-order valence-electron chi connectivity index (χ3n) is 3.88. The maximum Gasteiger partial charge on any atom is 0.246 e. The van der Waals surface area contributed by atoms with Crippen LogP contribution in [0.4, 0.5) is 10.1 Å². The number of nitrogens with two attached hydrogens (primary N) is 1.